The summed E-state index contributed by atoms with van der Waals surface area (Å²) in [6.07, 6.45) is 1.41. The van der Waals surface area contributed by atoms with E-state index in [-0.39, 0.29) is 36.3 Å². The Morgan fingerprint density at radius 3 is 2.26 bits per heavy atom. The van der Waals surface area contributed by atoms with Crippen molar-refractivity contribution in [3.8, 4) is 5.75 Å². The molecule has 0 fully saturated rings. The van der Waals surface area contributed by atoms with Crippen LogP contribution < -0.4 is 15.5 Å². The average Bonchev–Trinajstić information content (AvgIpc) is 3.29. The number of thiazole rings is 1. The van der Waals surface area contributed by atoms with Gasteiger partial charge in [0, 0.05) is 35.6 Å². The molecule has 0 aliphatic rings. The molecular formula is C26H30N4O4S. The maximum absolute atomic E-state index is 13.6. The van der Waals surface area contributed by atoms with Crippen molar-refractivity contribution in [3.05, 3.63) is 71.2 Å². The van der Waals surface area contributed by atoms with Crippen molar-refractivity contribution in [2.45, 2.75) is 52.1 Å². The van der Waals surface area contributed by atoms with Gasteiger partial charge in [-0.05, 0) is 57.5 Å². The summed E-state index contributed by atoms with van der Waals surface area (Å²) in [6, 6.07) is 12.5. The number of benzene rings is 2. The normalized spacial score (nSPS) is 12.0. The lowest BCUT2D eigenvalue weighted by molar-refractivity contribution is -0.128. The molecule has 8 nitrogen and oxygen atoms in total. The SMILES string of the molecule is Cc1ccc(N(C(=O)CCC(=O)Nc2nccs2)[C@@H](C(=O)NC(C)(C)C)c2ccc(O)cc2)cc1. The summed E-state index contributed by atoms with van der Waals surface area (Å²) in [4.78, 5) is 45.0. The first-order valence-corrected chi connectivity index (χ1v) is 12.1. The molecule has 3 N–H and O–H groups in total. The third-order valence-electron chi connectivity index (χ3n) is 5.04. The minimum atomic E-state index is -1.01. The van der Waals surface area contributed by atoms with Crippen LogP contribution in [0.5, 0.6) is 5.75 Å². The molecule has 0 aliphatic carbocycles. The van der Waals surface area contributed by atoms with Crippen molar-refractivity contribution in [1.29, 1.82) is 0 Å². The Kier molecular flexibility index (Phi) is 8.24. The number of carbonyl (C=O) groups is 3. The fourth-order valence-corrected chi connectivity index (χ4v) is 4.01. The van der Waals surface area contributed by atoms with Gasteiger partial charge in [-0.25, -0.2) is 4.98 Å². The fourth-order valence-electron chi connectivity index (χ4n) is 3.46. The fraction of sp³-hybridized carbons (Fsp3) is 0.308. The molecule has 9 heteroatoms. The quantitative estimate of drug-likeness (QED) is 0.425. The van der Waals surface area contributed by atoms with E-state index in [2.05, 4.69) is 15.6 Å². The molecule has 1 atom stereocenters. The lowest BCUT2D eigenvalue weighted by atomic mass is 10.00. The van der Waals surface area contributed by atoms with Crippen LogP contribution >= 0.6 is 11.3 Å². The number of anilines is 2. The Labute approximate surface area is 209 Å². The van der Waals surface area contributed by atoms with Gasteiger partial charge >= 0.3 is 0 Å². The summed E-state index contributed by atoms with van der Waals surface area (Å²) < 4.78 is 0. The summed E-state index contributed by atoms with van der Waals surface area (Å²) >= 11 is 1.29. The van der Waals surface area contributed by atoms with Crippen LogP contribution in [0.1, 0.15) is 50.8 Å². The van der Waals surface area contributed by atoms with E-state index < -0.39 is 11.6 Å². The molecule has 0 saturated carbocycles. The van der Waals surface area contributed by atoms with Crippen molar-refractivity contribution in [3.63, 3.8) is 0 Å². The van der Waals surface area contributed by atoms with E-state index in [1.807, 2.05) is 39.8 Å². The zero-order valence-electron chi connectivity index (χ0n) is 20.2. The molecule has 0 unspecified atom stereocenters. The molecule has 0 saturated heterocycles. The first kappa shape index (κ1) is 25.9. The van der Waals surface area contributed by atoms with E-state index in [0.29, 0.717) is 16.4 Å². The van der Waals surface area contributed by atoms with Crippen LogP contribution in [0.2, 0.25) is 0 Å². The molecule has 184 valence electrons. The van der Waals surface area contributed by atoms with Gasteiger partial charge in [0.1, 0.15) is 11.8 Å². The summed E-state index contributed by atoms with van der Waals surface area (Å²) in [5, 5.41) is 17.6. The zero-order valence-corrected chi connectivity index (χ0v) is 21.1. The minimum absolute atomic E-state index is 0.0517. The van der Waals surface area contributed by atoms with Crippen LogP contribution in [0, 0.1) is 6.92 Å². The van der Waals surface area contributed by atoms with Gasteiger partial charge < -0.3 is 15.7 Å². The van der Waals surface area contributed by atoms with Gasteiger partial charge in [-0.3, -0.25) is 19.3 Å². The van der Waals surface area contributed by atoms with E-state index in [1.165, 1.54) is 28.4 Å². The Balaban J connectivity index is 1.95. The standard InChI is InChI=1S/C26H30N4O4S/c1-17-5-9-19(10-6-17)30(22(33)14-13-21(32)28-25-27-15-16-35-25)23(24(34)29-26(2,3)4)18-7-11-20(31)12-8-18/h5-12,15-16,23,31H,13-14H2,1-4H3,(H,29,34)(H,27,28,32)/t23-/m1/s1. The summed E-state index contributed by atoms with van der Waals surface area (Å²) in [6.45, 7) is 7.52. The van der Waals surface area contributed by atoms with Crippen LogP contribution in [0.15, 0.2) is 60.1 Å². The van der Waals surface area contributed by atoms with Gasteiger partial charge in [-0.1, -0.05) is 29.8 Å². The maximum Gasteiger partial charge on any atom is 0.248 e. The van der Waals surface area contributed by atoms with Gasteiger partial charge in [0.2, 0.25) is 17.7 Å². The maximum atomic E-state index is 13.6. The van der Waals surface area contributed by atoms with Crippen LogP contribution in [0.4, 0.5) is 10.8 Å². The number of rotatable bonds is 8. The van der Waals surface area contributed by atoms with Gasteiger partial charge in [-0.15, -0.1) is 11.3 Å². The first-order valence-electron chi connectivity index (χ1n) is 11.2. The zero-order chi connectivity index (χ0) is 25.6. The molecule has 1 aromatic heterocycles. The number of aryl methyl sites for hydroxylation is 1. The second kappa shape index (κ2) is 11.1. The number of phenolic OH excluding ortho intramolecular Hbond substituents is 1. The summed E-state index contributed by atoms with van der Waals surface area (Å²) in [5.74, 6) is -1.04. The lowest BCUT2D eigenvalue weighted by Gasteiger charge is -2.34. The molecule has 35 heavy (non-hydrogen) atoms. The van der Waals surface area contributed by atoms with Gasteiger partial charge in [-0.2, -0.15) is 0 Å². The molecule has 3 amide bonds. The van der Waals surface area contributed by atoms with Crippen LogP contribution in [-0.2, 0) is 14.4 Å². The van der Waals surface area contributed by atoms with Gasteiger partial charge in [0.25, 0.3) is 0 Å². The predicted molar refractivity (Wildman–Crippen MR) is 137 cm³/mol. The van der Waals surface area contributed by atoms with E-state index in [0.717, 1.165) is 5.56 Å². The molecule has 2 aromatic carbocycles. The van der Waals surface area contributed by atoms with Crippen molar-refractivity contribution in [1.82, 2.24) is 10.3 Å². The second-order valence-corrected chi connectivity index (χ2v) is 10.1. The van der Waals surface area contributed by atoms with E-state index in [9.17, 15) is 19.5 Å². The monoisotopic (exact) mass is 494 g/mol. The average molecular weight is 495 g/mol. The number of carbonyl (C=O) groups excluding carboxylic acids is 3. The molecule has 0 spiro atoms. The third-order valence-corrected chi connectivity index (χ3v) is 5.73. The summed E-state index contributed by atoms with van der Waals surface area (Å²) in [7, 11) is 0. The number of amides is 3. The van der Waals surface area contributed by atoms with E-state index >= 15 is 0 Å². The first-order chi connectivity index (χ1) is 16.5. The van der Waals surface area contributed by atoms with Crippen molar-refractivity contribution in [2.75, 3.05) is 10.2 Å². The number of nitrogens with zero attached hydrogens (tertiary/aromatic N) is 2. The minimum Gasteiger partial charge on any atom is -0.508 e. The van der Waals surface area contributed by atoms with Gasteiger partial charge in [0.05, 0.1) is 0 Å². The van der Waals surface area contributed by atoms with Crippen molar-refractivity contribution >= 4 is 39.9 Å². The number of nitrogens with one attached hydrogen (secondary N) is 2. The molecule has 0 radical (unpaired) electrons. The van der Waals surface area contributed by atoms with Crippen LogP contribution in [0.25, 0.3) is 0 Å². The number of hydrogen-bond acceptors (Lipinski definition) is 6. The number of phenols is 1. The lowest BCUT2D eigenvalue weighted by Crippen LogP contribution is -2.49. The Morgan fingerprint density at radius 1 is 1.03 bits per heavy atom. The third kappa shape index (κ3) is 7.38. The largest absolute Gasteiger partial charge is 0.508 e. The number of aromatic hydroxyl groups is 1. The van der Waals surface area contributed by atoms with Crippen molar-refractivity contribution < 1.29 is 19.5 Å². The highest BCUT2D eigenvalue weighted by molar-refractivity contribution is 7.13. The van der Waals surface area contributed by atoms with Crippen molar-refractivity contribution in [2.24, 2.45) is 0 Å². The Bertz CT molecular complexity index is 1150. The topological polar surface area (TPSA) is 112 Å². The molecule has 1 heterocycles. The highest BCUT2D eigenvalue weighted by atomic mass is 32.1. The smallest absolute Gasteiger partial charge is 0.248 e. The van der Waals surface area contributed by atoms with E-state index in [4.69, 9.17) is 0 Å². The summed E-state index contributed by atoms with van der Waals surface area (Å²) in [5.41, 5.74) is 1.53. The highest BCUT2D eigenvalue weighted by Gasteiger charge is 2.34. The molecule has 3 rings (SSSR count). The molecule has 0 aliphatic heterocycles. The van der Waals surface area contributed by atoms with E-state index in [1.54, 1.807) is 35.8 Å². The Morgan fingerprint density at radius 2 is 1.69 bits per heavy atom. The number of aromatic nitrogens is 1. The number of hydrogen-bond donors (Lipinski definition) is 3. The second-order valence-electron chi connectivity index (χ2n) is 9.22. The predicted octanol–water partition coefficient (Wildman–Crippen LogP) is 4.57. The molecule has 0 bridgehead atoms. The van der Waals surface area contributed by atoms with Crippen LogP contribution in [0.3, 0.4) is 0 Å². The molecule has 3 aromatic rings. The van der Waals surface area contributed by atoms with Gasteiger partial charge in [0.15, 0.2) is 5.13 Å². The highest BCUT2D eigenvalue weighted by Crippen LogP contribution is 2.31. The Hall–Kier alpha value is -3.72. The molecular weight excluding hydrogens is 464 g/mol. The van der Waals surface area contributed by atoms with Crippen LogP contribution in [-0.4, -0.2) is 33.4 Å².